The van der Waals surface area contributed by atoms with Crippen LogP contribution in [-0.2, 0) is 10.0 Å². The largest absolute Gasteiger partial charge is 0.396 e. The van der Waals surface area contributed by atoms with E-state index in [1.165, 1.54) is 6.34 Å². The topological polar surface area (TPSA) is 70.0 Å². The summed E-state index contributed by atoms with van der Waals surface area (Å²) in [6, 6.07) is 0. The van der Waals surface area contributed by atoms with Gasteiger partial charge in [0.2, 0.25) is 0 Å². The first-order valence-corrected chi connectivity index (χ1v) is 7.47. The average molecular weight is 264 g/mol. The molecule has 0 radical (unpaired) electrons. The van der Waals surface area contributed by atoms with Crippen LogP contribution in [0.5, 0.6) is 0 Å². The molecule has 0 saturated carbocycles. The predicted molar refractivity (Wildman–Crippen MR) is 70.7 cm³/mol. The van der Waals surface area contributed by atoms with E-state index in [1.807, 2.05) is 13.8 Å². The zero-order valence-electron chi connectivity index (χ0n) is 11.2. The molecule has 0 amide bonds. The van der Waals surface area contributed by atoms with E-state index in [-0.39, 0.29) is 17.8 Å². The second-order valence-electron chi connectivity index (χ2n) is 4.59. The maximum absolute atomic E-state index is 11.6. The van der Waals surface area contributed by atoms with Crippen molar-refractivity contribution >= 4 is 16.4 Å². The Balaban J connectivity index is 4.54. The Labute approximate surface area is 105 Å². The SMILES string of the molecule is CCC(CC)(CO)CCS(=O)(=O)N=CN(C)C. The van der Waals surface area contributed by atoms with E-state index in [0.717, 1.165) is 12.8 Å². The molecule has 0 fully saturated rings. The van der Waals surface area contributed by atoms with E-state index < -0.39 is 10.0 Å². The quantitative estimate of drug-likeness (QED) is 0.526. The Morgan fingerprint density at radius 2 is 1.82 bits per heavy atom. The van der Waals surface area contributed by atoms with Crippen molar-refractivity contribution in [3.05, 3.63) is 0 Å². The number of sulfonamides is 1. The summed E-state index contributed by atoms with van der Waals surface area (Å²) in [4.78, 5) is 1.58. The summed E-state index contributed by atoms with van der Waals surface area (Å²) < 4.78 is 26.8. The monoisotopic (exact) mass is 264 g/mol. The minimum Gasteiger partial charge on any atom is -0.396 e. The zero-order chi connectivity index (χ0) is 13.5. The molecule has 0 saturated heterocycles. The average Bonchev–Trinajstić information content (AvgIpc) is 2.29. The van der Waals surface area contributed by atoms with Crippen molar-refractivity contribution < 1.29 is 13.5 Å². The molecule has 0 aromatic rings. The van der Waals surface area contributed by atoms with Crippen LogP contribution in [-0.4, -0.2) is 51.2 Å². The molecule has 0 aromatic heterocycles. The van der Waals surface area contributed by atoms with Gasteiger partial charge in [-0.15, -0.1) is 0 Å². The molecule has 0 aliphatic rings. The van der Waals surface area contributed by atoms with Gasteiger partial charge in [0, 0.05) is 20.7 Å². The van der Waals surface area contributed by atoms with Crippen LogP contribution in [0.15, 0.2) is 4.40 Å². The highest BCUT2D eigenvalue weighted by Gasteiger charge is 2.27. The fraction of sp³-hybridized carbons (Fsp3) is 0.909. The molecule has 0 unspecified atom stereocenters. The first-order chi connectivity index (χ1) is 7.81. The standard InChI is InChI=1S/C11H24N2O3S/c1-5-11(6-2,9-14)7-8-17(15,16)12-10-13(3)4/h10,14H,5-9H2,1-4H3. The summed E-state index contributed by atoms with van der Waals surface area (Å²) in [5.41, 5.74) is -0.291. The lowest BCUT2D eigenvalue weighted by molar-refractivity contribution is 0.111. The Hall–Kier alpha value is -0.620. The molecular weight excluding hydrogens is 240 g/mol. The second-order valence-corrected chi connectivity index (χ2v) is 6.37. The van der Waals surface area contributed by atoms with Crippen LogP contribution in [0.3, 0.4) is 0 Å². The van der Waals surface area contributed by atoms with Crippen molar-refractivity contribution in [3.63, 3.8) is 0 Å². The molecule has 0 bridgehead atoms. The summed E-state index contributed by atoms with van der Waals surface area (Å²) in [5.74, 6) is -0.0143. The molecule has 0 spiro atoms. The van der Waals surface area contributed by atoms with E-state index in [2.05, 4.69) is 4.40 Å². The maximum Gasteiger partial charge on any atom is 0.254 e. The van der Waals surface area contributed by atoms with Gasteiger partial charge >= 0.3 is 0 Å². The summed E-state index contributed by atoms with van der Waals surface area (Å²) in [6.45, 7) is 3.96. The van der Waals surface area contributed by atoms with E-state index in [4.69, 9.17) is 0 Å². The van der Waals surface area contributed by atoms with E-state index in [9.17, 15) is 13.5 Å². The van der Waals surface area contributed by atoms with Crippen LogP contribution in [0.4, 0.5) is 0 Å². The highest BCUT2D eigenvalue weighted by atomic mass is 32.2. The van der Waals surface area contributed by atoms with Crippen molar-refractivity contribution in [2.75, 3.05) is 26.5 Å². The first-order valence-electron chi connectivity index (χ1n) is 5.86. The molecule has 0 aliphatic heterocycles. The Kier molecular flexibility index (Phi) is 6.70. The summed E-state index contributed by atoms with van der Waals surface area (Å²) >= 11 is 0. The smallest absolute Gasteiger partial charge is 0.254 e. The van der Waals surface area contributed by atoms with Gasteiger partial charge in [-0.25, -0.2) is 8.42 Å². The molecule has 102 valence electrons. The molecule has 1 N–H and O–H groups in total. The number of rotatable bonds is 8. The molecule has 0 rings (SSSR count). The molecule has 6 heteroatoms. The number of aliphatic hydroxyl groups excluding tert-OH is 1. The molecule has 0 heterocycles. The highest BCUT2D eigenvalue weighted by Crippen LogP contribution is 2.30. The van der Waals surface area contributed by atoms with Gasteiger partial charge in [0.05, 0.1) is 5.75 Å². The summed E-state index contributed by atoms with van der Waals surface area (Å²) in [7, 11) is 0.0113. The lowest BCUT2D eigenvalue weighted by Crippen LogP contribution is -2.26. The normalized spacial score (nSPS) is 13.2. The Morgan fingerprint density at radius 1 is 1.29 bits per heavy atom. The third-order valence-corrected chi connectivity index (χ3v) is 4.30. The zero-order valence-corrected chi connectivity index (χ0v) is 12.0. The predicted octanol–water partition coefficient (Wildman–Crippen LogP) is 1.09. The number of aliphatic hydroxyl groups is 1. The number of nitrogens with zero attached hydrogens (tertiary/aromatic N) is 2. The molecule has 0 aliphatic carbocycles. The van der Waals surface area contributed by atoms with Crippen LogP contribution in [0.25, 0.3) is 0 Å². The van der Waals surface area contributed by atoms with Gasteiger partial charge in [0.25, 0.3) is 10.0 Å². The minimum absolute atomic E-state index is 0.0143. The first kappa shape index (κ1) is 16.4. The van der Waals surface area contributed by atoms with Crippen molar-refractivity contribution in [2.45, 2.75) is 33.1 Å². The van der Waals surface area contributed by atoms with Crippen LogP contribution < -0.4 is 0 Å². The molecule has 0 atom stereocenters. The van der Waals surface area contributed by atoms with E-state index in [1.54, 1.807) is 19.0 Å². The maximum atomic E-state index is 11.6. The minimum atomic E-state index is -3.42. The fourth-order valence-corrected chi connectivity index (χ4v) is 2.60. The lowest BCUT2D eigenvalue weighted by atomic mass is 9.81. The summed E-state index contributed by atoms with van der Waals surface area (Å²) in [6.07, 6.45) is 3.28. The van der Waals surface area contributed by atoms with Gasteiger partial charge in [0.1, 0.15) is 6.34 Å². The van der Waals surface area contributed by atoms with Crippen LogP contribution >= 0.6 is 0 Å². The highest BCUT2D eigenvalue weighted by molar-refractivity contribution is 7.90. The molecule has 5 nitrogen and oxygen atoms in total. The van der Waals surface area contributed by atoms with Gasteiger partial charge in [-0.2, -0.15) is 4.40 Å². The van der Waals surface area contributed by atoms with Crippen LogP contribution in [0.1, 0.15) is 33.1 Å². The van der Waals surface area contributed by atoms with Crippen molar-refractivity contribution in [2.24, 2.45) is 9.81 Å². The van der Waals surface area contributed by atoms with Crippen LogP contribution in [0.2, 0.25) is 0 Å². The van der Waals surface area contributed by atoms with Gasteiger partial charge < -0.3 is 10.0 Å². The number of hydrogen-bond donors (Lipinski definition) is 1. The van der Waals surface area contributed by atoms with Crippen molar-refractivity contribution in [1.29, 1.82) is 0 Å². The van der Waals surface area contributed by atoms with Crippen LogP contribution in [0, 0.1) is 5.41 Å². The lowest BCUT2D eigenvalue weighted by Gasteiger charge is -2.28. The Morgan fingerprint density at radius 3 is 2.18 bits per heavy atom. The summed E-state index contributed by atoms with van der Waals surface area (Å²) in [5, 5.41) is 9.35. The van der Waals surface area contributed by atoms with Crippen molar-refractivity contribution in [3.8, 4) is 0 Å². The van der Waals surface area contributed by atoms with Gasteiger partial charge in [-0.1, -0.05) is 13.8 Å². The van der Waals surface area contributed by atoms with E-state index >= 15 is 0 Å². The third-order valence-electron chi connectivity index (χ3n) is 3.16. The van der Waals surface area contributed by atoms with Crippen molar-refractivity contribution in [1.82, 2.24) is 4.90 Å². The van der Waals surface area contributed by atoms with Gasteiger partial charge in [0.15, 0.2) is 0 Å². The Bertz CT molecular complexity index is 324. The molecule has 17 heavy (non-hydrogen) atoms. The van der Waals surface area contributed by atoms with Gasteiger partial charge in [-0.05, 0) is 24.7 Å². The fourth-order valence-electron chi connectivity index (χ4n) is 1.47. The second kappa shape index (κ2) is 6.96. The third kappa shape index (κ3) is 6.02. The molecule has 0 aromatic carbocycles. The molecular formula is C11H24N2O3S. The van der Waals surface area contributed by atoms with E-state index in [0.29, 0.717) is 6.42 Å². The number of hydrogen-bond acceptors (Lipinski definition) is 3. The van der Waals surface area contributed by atoms with Gasteiger partial charge in [-0.3, -0.25) is 0 Å².